The van der Waals surface area contributed by atoms with E-state index in [0.717, 1.165) is 0 Å². The standard InChI is InChI=1S/C6H8Cl2O6/c7-3-13-5(9)11-1-2-12-6(10)14-4-8/h1-4H2. The summed E-state index contributed by atoms with van der Waals surface area (Å²) in [6.45, 7) is -0.291. The number of hydrogen-bond acceptors (Lipinski definition) is 6. The van der Waals surface area contributed by atoms with Crippen LogP contribution in [0.1, 0.15) is 0 Å². The third-order valence-electron chi connectivity index (χ3n) is 0.868. The van der Waals surface area contributed by atoms with Gasteiger partial charge < -0.3 is 18.9 Å². The van der Waals surface area contributed by atoms with Crippen molar-refractivity contribution < 1.29 is 28.5 Å². The number of carbonyl (C=O) groups is 2. The molecule has 0 amide bonds. The predicted molar refractivity (Wildman–Crippen MR) is 46.3 cm³/mol. The molecule has 8 heteroatoms. The van der Waals surface area contributed by atoms with Crippen LogP contribution in [0.4, 0.5) is 9.59 Å². The third-order valence-corrected chi connectivity index (χ3v) is 1.09. The van der Waals surface area contributed by atoms with Gasteiger partial charge in [0.1, 0.15) is 13.2 Å². The number of alkyl halides is 2. The first-order valence-corrected chi connectivity index (χ1v) is 4.48. The fourth-order valence-electron chi connectivity index (χ4n) is 0.422. The molecule has 0 aromatic carbocycles. The van der Waals surface area contributed by atoms with Crippen LogP contribution in [-0.2, 0) is 18.9 Å². The average molecular weight is 247 g/mol. The minimum Gasteiger partial charge on any atom is -0.431 e. The fourth-order valence-corrected chi connectivity index (χ4v) is 0.601. The van der Waals surface area contributed by atoms with Crippen LogP contribution in [-0.4, -0.2) is 37.7 Å². The van der Waals surface area contributed by atoms with Crippen molar-refractivity contribution in [1.82, 2.24) is 0 Å². The highest BCUT2D eigenvalue weighted by Crippen LogP contribution is 1.90. The molecule has 0 bridgehead atoms. The van der Waals surface area contributed by atoms with E-state index < -0.39 is 12.3 Å². The Labute approximate surface area is 89.9 Å². The quantitative estimate of drug-likeness (QED) is 0.418. The summed E-state index contributed by atoms with van der Waals surface area (Å²) in [7, 11) is 0. The van der Waals surface area contributed by atoms with Gasteiger partial charge in [-0.2, -0.15) is 0 Å². The molecule has 0 atom stereocenters. The lowest BCUT2D eigenvalue weighted by Crippen LogP contribution is -2.14. The molecule has 0 spiro atoms. The molecule has 6 nitrogen and oxygen atoms in total. The van der Waals surface area contributed by atoms with Gasteiger partial charge in [-0.3, -0.25) is 0 Å². The summed E-state index contributed by atoms with van der Waals surface area (Å²) in [6.07, 6.45) is -1.87. The van der Waals surface area contributed by atoms with Crippen molar-refractivity contribution in [3.05, 3.63) is 0 Å². The van der Waals surface area contributed by atoms with Gasteiger partial charge in [-0.1, -0.05) is 23.2 Å². The number of ether oxygens (including phenoxy) is 4. The molecule has 0 aromatic heterocycles. The van der Waals surface area contributed by atoms with E-state index in [1.165, 1.54) is 0 Å². The molecule has 0 rings (SSSR count). The van der Waals surface area contributed by atoms with Crippen LogP contribution in [0.2, 0.25) is 0 Å². The molecule has 0 aliphatic rings. The normalized spacial score (nSPS) is 9.00. The molecular formula is C6H8Cl2O6. The van der Waals surface area contributed by atoms with Crippen molar-refractivity contribution in [3.63, 3.8) is 0 Å². The largest absolute Gasteiger partial charge is 0.509 e. The summed E-state index contributed by atoms with van der Waals surface area (Å²) in [4.78, 5) is 21.0. The van der Waals surface area contributed by atoms with Gasteiger partial charge in [-0.25, -0.2) is 9.59 Å². The number of rotatable bonds is 5. The van der Waals surface area contributed by atoms with E-state index in [-0.39, 0.29) is 25.3 Å². The molecule has 0 saturated carbocycles. The predicted octanol–water partition coefficient (Wildman–Crippen LogP) is 1.69. The molecule has 0 fully saturated rings. The molecule has 0 radical (unpaired) electrons. The van der Waals surface area contributed by atoms with Crippen molar-refractivity contribution >= 4 is 35.5 Å². The minimum absolute atomic E-state index is 0.146. The highest BCUT2D eigenvalue weighted by Gasteiger charge is 2.05. The van der Waals surface area contributed by atoms with Gasteiger partial charge in [-0.15, -0.1) is 0 Å². The van der Waals surface area contributed by atoms with E-state index in [0.29, 0.717) is 0 Å². The van der Waals surface area contributed by atoms with Crippen LogP contribution in [0.3, 0.4) is 0 Å². The summed E-state index contributed by atoms with van der Waals surface area (Å²) in [6, 6.07) is -0.595. The lowest BCUT2D eigenvalue weighted by molar-refractivity contribution is 0.0282. The van der Waals surface area contributed by atoms with Gasteiger partial charge in [0.25, 0.3) is 0 Å². The molecule has 0 unspecified atom stereocenters. The Hall–Kier alpha value is -0.880. The summed E-state index contributed by atoms with van der Waals surface area (Å²) in [5, 5.41) is 0. The van der Waals surface area contributed by atoms with E-state index >= 15 is 0 Å². The van der Waals surface area contributed by atoms with Crippen molar-refractivity contribution in [2.45, 2.75) is 0 Å². The van der Waals surface area contributed by atoms with Crippen LogP contribution < -0.4 is 0 Å². The maximum absolute atomic E-state index is 10.5. The van der Waals surface area contributed by atoms with E-state index in [2.05, 4.69) is 18.9 Å². The van der Waals surface area contributed by atoms with Gasteiger partial charge in [0.05, 0.1) is 0 Å². The first-order chi connectivity index (χ1) is 6.70. The number of hydrogen-bond donors (Lipinski definition) is 0. The molecule has 0 saturated heterocycles. The van der Waals surface area contributed by atoms with Crippen LogP contribution in [0.5, 0.6) is 0 Å². The smallest absolute Gasteiger partial charge is 0.431 e. The van der Waals surface area contributed by atoms with Gasteiger partial charge >= 0.3 is 12.3 Å². The van der Waals surface area contributed by atoms with Gasteiger partial charge in [0, 0.05) is 0 Å². The summed E-state index contributed by atoms with van der Waals surface area (Å²) >= 11 is 10.1. The Morgan fingerprint density at radius 2 is 1.14 bits per heavy atom. The van der Waals surface area contributed by atoms with Gasteiger partial charge in [0.2, 0.25) is 0 Å². The maximum atomic E-state index is 10.5. The van der Waals surface area contributed by atoms with E-state index in [4.69, 9.17) is 23.2 Å². The molecular weight excluding hydrogens is 239 g/mol. The van der Waals surface area contributed by atoms with E-state index in [1.54, 1.807) is 0 Å². The van der Waals surface area contributed by atoms with Crippen LogP contribution in [0.25, 0.3) is 0 Å². The minimum atomic E-state index is -0.936. The first-order valence-electron chi connectivity index (χ1n) is 3.41. The second-order valence-electron chi connectivity index (χ2n) is 1.70. The Balaban J connectivity index is 3.28. The topological polar surface area (TPSA) is 71.1 Å². The van der Waals surface area contributed by atoms with Gasteiger partial charge in [0.15, 0.2) is 12.1 Å². The number of halogens is 2. The Kier molecular flexibility index (Phi) is 8.16. The van der Waals surface area contributed by atoms with Crippen molar-refractivity contribution in [1.29, 1.82) is 0 Å². The van der Waals surface area contributed by atoms with Gasteiger partial charge in [-0.05, 0) is 0 Å². The summed E-state index contributed by atoms with van der Waals surface area (Å²) in [5.41, 5.74) is 0. The third kappa shape index (κ3) is 7.75. The SMILES string of the molecule is O=C(OCCl)OCCOC(=O)OCCl. The van der Waals surface area contributed by atoms with Crippen molar-refractivity contribution in [2.75, 3.05) is 25.3 Å². The van der Waals surface area contributed by atoms with E-state index in [1.807, 2.05) is 0 Å². The average Bonchev–Trinajstić information content (AvgIpc) is 2.13. The van der Waals surface area contributed by atoms with Crippen LogP contribution in [0, 0.1) is 0 Å². The zero-order valence-corrected chi connectivity index (χ0v) is 8.55. The molecule has 82 valence electrons. The van der Waals surface area contributed by atoms with Crippen LogP contribution >= 0.6 is 23.2 Å². The highest BCUT2D eigenvalue weighted by atomic mass is 35.5. The molecule has 0 N–H and O–H groups in total. The molecule has 0 heterocycles. The monoisotopic (exact) mass is 246 g/mol. The summed E-state index contributed by atoms with van der Waals surface area (Å²) < 4.78 is 17.2. The Morgan fingerprint density at radius 3 is 1.43 bits per heavy atom. The molecule has 0 aromatic rings. The molecule has 0 aliphatic carbocycles. The highest BCUT2D eigenvalue weighted by molar-refractivity contribution is 6.17. The lowest BCUT2D eigenvalue weighted by Gasteiger charge is -2.04. The second-order valence-corrected chi connectivity index (χ2v) is 2.14. The van der Waals surface area contributed by atoms with Crippen molar-refractivity contribution in [2.24, 2.45) is 0 Å². The summed E-state index contributed by atoms with van der Waals surface area (Å²) in [5.74, 6) is 0. The van der Waals surface area contributed by atoms with Crippen molar-refractivity contribution in [3.8, 4) is 0 Å². The zero-order valence-electron chi connectivity index (χ0n) is 7.03. The van der Waals surface area contributed by atoms with E-state index in [9.17, 15) is 9.59 Å². The fraction of sp³-hybridized carbons (Fsp3) is 0.667. The van der Waals surface area contributed by atoms with Crippen LogP contribution in [0.15, 0.2) is 0 Å². The Bertz CT molecular complexity index is 165. The first kappa shape index (κ1) is 13.1. The number of carbonyl (C=O) groups excluding carboxylic acids is 2. The second kappa shape index (κ2) is 8.71. The zero-order chi connectivity index (χ0) is 10.8. The molecule has 0 aliphatic heterocycles. The lowest BCUT2D eigenvalue weighted by atomic mass is 10.8. The Morgan fingerprint density at radius 1 is 0.786 bits per heavy atom. The molecule has 14 heavy (non-hydrogen) atoms. The maximum Gasteiger partial charge on any atom is 0.509 e.